The highest BCUT2D eigenvalue weighted by Crippen LogP contribution is 2.34. The van der Waals surface area contributed by atoms with E-state index in [1.54, 1.807) is 11.8 Å². The largest absolute Gasteiger partial charge is 0.457 e. The van der Waals surface area contributed by atoms with Crippen LogP contribution in [-0.4, -0.2) is 6.26 Å². The van der Waals surface area contributed by atoms with Gasteiger partial charge in [0.1, 0.15) is 11.5 Å². The van der Waals surface area contributed by atoms with Gasteiger partial charge in [-0.05, 0) is 84.9 Å². The molecule has 1 atom stereocenters. The molecule has 0 N–H and O–H groups in total. The van der Waals surface area contributed by atoms with Crippen LogP contribution in [0.15, 0.2) is 83.8 Å². The second-order valence-electron chi connectivity index (χ2n) is 7.56. The molecule has 0 saturated carbocycles. The SMILES string of the molecule is CCC(C)(CCCc1cccc(Oc2ccccc2)c1)c1ccc(SC)cc1. The molecule has 0 saturated heterocycles. The predicted molar refractivity (Wildman–Crippen MR) is 122 cm³/mol. The van der Waals surface area contributed by atoms with Gasteiger partial charge in [-0.15, -0.1) is 11.8 Å². The fourth-order valence-corrected chi connectivity index (χ4v) is 4.00. The zero-order chi connectivity index (χ0) is 19.8. The molecule has 3 rings (SSSR count). The van der Waals surface area contributed by atoms with E-state index in [4.69, 9.17) is 4.74 Å². The van der Waals surface area contributed by atoms with Crippen LogP contribution in [0, 0.1) is 0 Å². The average molecular weight is 391 g/mol. The molecule has 0 heterocycles. The van der Waals surface area contributed by atoms with Gasteiger partial charge in [0, 0.05) is 4.90 Å². The predicted octanol–water partition coefficient (Wildman–Crippen LogP) is 7.89. The second-order valence-corrected chi connectivity index (χ2v) is 8.44. The minimum Gasteiger partial charge on any atom is -0.457 e. The molecular weight excluding hydrogens is 360 g/mol. The van der Waals surface area contributed by atoms with Gasteiger partial charge in [-0.1, -0.05) is 56.3 Å². The van der Waals surface area contributed by atoms with Crippen LogP contribution in [0.25, 0.3) is 0 Å². The van der Waals surface area contributed by atoms with Crippen LogP contribution in [-0.2, 0) is 11.8 Å². The summed E-state index contributed by atoms with van der Waals surface area (Å²) < 4.78 is 5.98. The van der Waals surface area contributed by atoms with E-state index >= 15 is 0 Å². The van der Waals surface area contributed by atoms with Gasteiger partial charge in [0.05, 0.1) is 0 Å². The third-order valence-electron chi connectivity index (χ3n) is 5.64. The van der Waals surface area contributed by atoms with Gasteiger partial charge in [0.2, 0.25) is 0 Å². The van der Waals surface area contributed by atoms with E-state index in [1.165, 1.54) is 28.9 Å². The number of rotatable bonds is 9. The monoisotopic (exact) mass is 390 g/mol. The summed E-state index contributed by atoms with van der Waals surface area (Å²) in [6.07, 6.45) is 6.71. The summed E-state index contributed by atoms with van der Waals surface area (Å²) in [5, 5.41) is 0. The van der Waals surface area contributed by atoms with Crippen molar-refractivity contribution in [3.63, 3.8) is 0 Å². The van der Waals surface area contributed by atoms with Crippen molar-refractivity contribution >= 4 is 11.8 Å². The Morgan fingerprint density at radius 3 is 2.25 bits per heavy atom. The van der Waals surface area contributed by atoms with Gasteiger partial charge in [0.25, 0.3) is 0 Å². The highest BCUT2D eigenvalue weighted by Gasteiger charge is 2.23. The summed E-state index contributed by atoms with van der Waals surface area (Å²) in [6, 6.07) is 27.6. The van der Waals surface area contributed by atoms with Crippen LogP contribution >= 0.6 is 11.8 Å². The molecule has 1 nitrogen and oxygen atoms in total. The normalized spacial score (nSPS) is 13.1. The van der Waals surface area contributed by atoms with E-state index in [2.05, 4.69) is 62.6 Å². The van der Waals surface area contributed by atoms with Gasteiger partial charge in [-0.25, -0.2) is 0 Å². The Labute approximate surface area is 174 Å². The summed E-state index contributed by atoms with van der Waals surface area (Å²) in [7, 11) is 0. The Hall–Kier alpha value is -2.19. The van der Waals surface area contributed by atoms with Gasteiger partial charge < -0.3 is 4.74 Å². The van der Waals surface area contributed by atoms with E-state index in [0.717, 1.165) is 24.3 Å². The molecule has 0 fully saturated rings. The molecule has 3 aromatic carbocycles. The second kappa shape index (κ2) is 9.84. The standard InChI is InChI=1S/C26H30OS/c1-4-26(2,22-15-17-25(28-3)18-16-22)19-9-11-21-10-8-14-24(20-21)27-23-12-6-5-7-13-23/h5-8,10,12-18,20H,4,9,11,19H2,1-3H3. The van der Waals surface area contributed by atoms with Gasteiger partial charge in [-0.2, -0.15) is 0 Å². The lowest BCUT2D eigenvalue weighted by molar-refractivity contribution is 0.405. The minimum absolute atomic E-state index is 0.231. The maximum absolute atomic E-state index is 5.98. The smallest absolute Gasteiger partial charge is 0.127 e. The number of benzene rings is 3. The summed E-state index contributed by atoms with van der Waals surface area (Å²) in [6.45, 7) is 4.70. The Morgan fingerprint density at radius 2 is 1.57 bits per heavy atom. The van der Waals surface area contributed by atoms with Crippen LogP contribution in [0.2, 0.25) is 0 Å². The first-order valence-electron chi connectivity index (χ1n) is 10.1. The summed E-state index contributed by atoms with van der Waals surface area (Å²) >= 11 is 1.80. The molecule has 0 aromatic heterocycles. The highest BCUT2D eigenvalue weighted by atomic mass is 32.2. The van der Waals surface area contributed by atoms with E-state index in [1.807, 2.05) is 36.4 Å². The van der Waals surface area contributed by atoms with Crippen LogP contribution in [0.4, 0.5) is 0 Å². The maximum Gasteiger partial charge on any atom is 0.127 e. The maximum atomic E-state index is 5.98. The number of hydrogen-bond donors (Lipinski definition) is 0. The number of ether oxygens (including phenoxy) is 1. The lowest BCUT2D eigenvalue weighted by Crippen LogP contribution is -2.21. The first-order valence-corrected chi connectivity index (χ1v) is 11.3. The molecule has 28 heavy (non-hydrogen) atoms. The molecular formula is C26H30OS. The molecule has 0 radical (unpaired) electrons. The van der Waals surface area contributed by atoms with E-state index in [-0.39, 0.29) is 5.41 Å². The molecule has 0 amide bonds. The Kier molecular flexibility index (Phi) is 7.22. The Balaban J connectivity index is 1.60. The van der Waals surface area contributed by atoms with Crippen LogP contribution in [0.5, 0.6) is 11.5 Å². The van der Waals surface area contributed by atoms with E-state index < -0.39 is 0 Å². The number of aryl methyl sites for hydroxylation is 1. The lowest BCUT2D eigenvalue weighted by Gasteiger charge is -2.29. The van der Waals surface area contributed by atoms with Gasteiger partial charge >= 0.3 is 0 Å². The first kappa shape index (κ1) is 20.5. The molecule has 0 aliphatic rings. The third-order valence-corrected chi connectivity index (χ3v) is 6.38. The Morgan fingerprint density at radius 1 is 0.857 bits per heavy atom. The molecule has 146 valence electrons. The van der Waals surface area contributed by atoms with Crippen molar-refractivity contribution < 1.29 is 4.74 Å². The van der Waals surface area contributed by atoms with Gasteiger partial charge in [-0.3, -0.25) is 0 Å². The molecule has 2 heteroatoms. The summed E-state index contributed by atoms with van der Waals surface area (Å²) in [5.41, 5.74) is 3.02. The molecule has 0 spiro atoms. The molecule has 1 unspecified atom stereocenters. The highest BCUT2D eigenvalue weighted by molar-refractivity contribution is 7.98. The van der Waals surface area contributed by atoms with Crippen LogP contribution < -0.4 is 4.74 Å². The molecule has 3 aromatic rings. The average Bonchev–Trinajstić information content (AvgIpc) is 2.75. The third kappa shape index (κ3) is 5.42. The van der Waals surface area contributed by atoms with Crippen molar-refractivity contribution in [1.82, 2.24) is 0 Å². The Bertz CT molecular complexity index is 857. The molecule has 0 aliphatic heterocycles. The van der Waals surface area contributed by atoms with Crippen molar-refractivity contribution in [1.29, 1.82) is 0 Å². The number of hydrogen-bond acceptors (Lipinski definition) is 2. The fourth-order valence-electron chi connectivity index (χ4n) is 3.59. The molecule has 0 bridgehead atoms. The minimum atomic E-state index is 0.231. The quantitative estimate of drug-likeness (QED) is 0.343. The van der Waals surface area contributed by atoms with Crippen molar-refractivity contribution in [3.05, 3.63) is 90.0 Å². The van der Waals surface area contributed by atoms with Crippen LogP contribution in [0.3, 0.4) is 0 Å². The molecule has 0 aliphatic carbocycles. The van der Waals surface area contributed by atoms with E-state index in [0.29, 0.717) is 0 Å². The number of para-hydroxylation sites is 1. The van der Waals surface area contributed by atoms with Crippen LogP contribution in [0.1, 0.15) is 44.2 Å². The van der Waals surface area contributed by atoms with E-state index in [9.17, 15) is 0 Å². The zero-order valence-electron chi connectivity index (χ0n) is 17.2. The van der Waals surface area contributed by atoms with Gasteiger partial charge in [0.15, 0.2) is 0 Å². The summed E-state index contributed by atoms with van der Waals surface area (Å²) in [5.74, 6) is 1.79. The summed E-state index contributed by atoms with van der Waals surface area (Å²) in [4.78, 5) is 1.33. The first-order chi connectivity index (χ1) is 13.6. The zero-order valence-corrected chi connectivity index (χ0v) is 18.0. The fraction of sp³-hybridized carbons (Fsp3) is 0.308. The van der Waals surface area contributed by atoms with Crippen molar-refractivity contribution in [2.24, 2.45) is 0 Å². The van der Waals surface area contributed by atoms with Crippen molar-refractivity contribution in [3.8, 4) is 11.5 Å². The number of thioether (sulfide) groups is 1. The lowest BCUT2D eigenvalue weighted by atomic mass is 9.76. The van der Waals surface area contributed by atoms with Crippen molar-refractivity contribution in [2.75, 3.05) is 6.26 Å². The topological polar surface area (TPSA) is 9.23 Å². The van der Waals surface area contributed by atoms with Crippen molar-refractivity contribution in [2.45, 2.75) is 49.8 Å².